The number of nitrogens with zero attached hydrogens (tertiary/aromatic N) is 2. The molecule has 4 nitrogen and oxygen atoms in total. The molecule has 1 rings (SSSR count). The lowest BCUT2D eigenvalue weighted by molar-refractivity contribution is -0.129. The summed E-state index contributed by atoms with van der Waals surface area (Å²) in [5, 5.41) is 18.8. The molecule has 1 N–H and O–H groups in total. The molecule has 0 unspecified atom stereocenters. The topological polar surface area (TPSA) is 64.3 Å². The minimum atomic E-state index is -0.770. The maximum atomic E-state index is 12.0. The summed E-state index contributed by atoms with van der Waals surface area (Å²) < 4.78 is 0. The molecule has 0 aromatic heterocycles. The molecule has 94 valence electrons. The summed E-state index contributed by atoms with van der Waals surface area (Å²) in [6, 6.07) is 1.78. The molecule has 0 aliphatic carbocycles. The Balaban J connectivity index is 2.92. The molecule has 0 aromatic rings. The molecule has 4 heteroatoms. The average molecular weight is 236 g/mol. The van der Waals surface area contributed by atoms with Gasteiger partial charge in [0.1, 0.15) is 11.8 Å². The van der Waals surface area contributed by atoms with Gasteiger partial charge in [-0.15, -0.1) is 0 Å². The Kier molecular flexibility index (Phi) is 3.24. The van der Waals surface area contributed by atoms with Crippen molar-refractivity contribution in [2.75, 3.05) is 6.54 Å². The molecule has 1 aliphatic rings. The van der Waals surface area contributed by atoms with Crippen LogP contribution < -0.4 is 0 Å². The molecule has 1 amide bonds. The Bertz CT molecular complexity index is 408. The molecule has 17 heavy (non-hydrogen) atoms. The van der Waals surface area contributed by atoms with Gasteiger partial charge in [-0.05, 0) is 25.7 Å². The fraction of sp³-hybridized carbons (Fsp3) is 0.692. The highest BCUT2D eigenvalue weighted by Crippen LogP contribution is 2.34. The summed E-state index contributed by atoms with van der Waals surface area (Å²) in [4.78, 5) is 13.5. The lowest BCUT2D eigenvalue weighted by atomic mass is 9.91. The third-order valence-electron chi connectivity index (χ3n) is 3.15. The Hall–Kier alpha value is -1.50. The summed E-state index contributed by atoms with van der Waals surface area (Å²) in [7, 11) is 0. The van der Waals surface area contributed by atoms with Gasteiger partial charge in [0.25, 0.3) is 5.91 Å². The van der Waals surface area contributed by atoms with Crippen molar-refractivity contribution in [3.63, 3.8) is 0 Å². The van der Waals surface area contributed by atoms with E-state index in [0.717, 1.165) is 6.42 Å². The molecule has 0 aromatic carbocycles. The summed E-state index contributed by atoms with van der Waals surface area (Å²) in [5.41, 5.74) is -0.779. The number of nitriles is 1. The van der Waals surface area contributed by atoms with E-state index < -0.39 is 5.54 Å². The minimum Gasteiger partial charge on any atom is -0.508 e. The van der Waals surface area contributed by atoms with E-state index in [-0.39, 0.29) is 22.7 Å². The number of hydrogen-bond acceptors (Lipinski definition) is 3. The molecular formula is C13H20N2O2. The molecule has 0 bridgehead atoms. The van der Waals surface area contributed by atoms with Crippen molar-refractivity contribution >= 4 is 5.91 Å². The zero-order valence-electron chi connectivity index (χ0n) is 11.2. The van der Waals surface area contributed by atoms with Gasteiger partial charge in [-0.2, -0.15) is 5.26 Å². The van der Waals surface area contributed by atoms with Crippen LogP contribution in [0, 0.1) is 16.7 Å². The van der Waals surface area contributed by atoms with Crippen LogP contribution in [0.25, 0.3) is 0 Å². The van der Waals surface area contributed by atoms with Crippen LogP contribution in [-0.2, 0) is 4.79 Å². The second kappa shape index (κ2) is 4.06. The summed E-state index contributed by atoms with van der Waals surface area (Å²) in [6.07, 6.45) is 0.828. The summed E-state index contributed by atoms with van der Waals surface area (Å²) >= 11 is 0. The first-order chi connectivity index (χ1) is 7.61. The minimum absolute atomic E-state index is 0.112. The lowest BCUT2D eigenvalue weighted by Gasteiger charge is -2.34. The third kappa shape index (κ3) is 2.44. The predicted molar refractivity (Wildman–Crippen MR) is 65.1 cm³/mol. The molecule has 1 heterocycles. The molecule has 0 radical (unpaired) electrons. The highest BCUT2D eigenvalue weighted by atomic mass is 16.3. The fourth-order valence-corrected chi connectivity index (χ4v) is 1.85. The van der Waals surface area contributed by atoms with Gasteiger partial charge < -0.3 is 10.0 Å². The first-order valence-corrected chi connectivity index (χ1v) is 5.77. The fourth-order valence-electron chi connectivity index (χ4n) is 1.85. The maximum absolute atomic E-state index is 12.0. The van der Waals surface area contributed by atoms with Gasteiger partial charge in [-0.3, -0.25) is 4.79 Å². The maximum Gasteiger partial charge on any atom is 0.268 e. The first-order valence-electron chi connectivity index (χ1n) is 5.77. The zero-order valence-corrected chi connectivity index (χ0v) is 11.2. The third-order valence-corrected chi connectivity index (χ3v) is 3.15. The van der Waals surface area contributed by atoms with Crippen molar-refractivity contribution < 1.29 is 9.90 Å². The van der Waals surface area contributed by atoms with E-state index in [1.165, 1.54) is 0 Å². The summed E-state index contributed by atoms with van der Waals surface area (Å²) in [5.74, 6) is -0.474. The summed E-state index contributed by atoms with van der Waals surface area (Å²) in [6.45, 7) is 10.3. The molecular weight excluding hydrogens is 216 g/mol. The molecule has 0 saturated heterocycles. The number of amides is 1. The molecule has 0 fully saturated rings. The SMILES string of the molecule is CC(C)(C)CCN1C(=O)C(C#N)=C(O)C1(C)C. The molecule has 1 aliphatic heterocycles. The second-order valence-electron chi connectivity index (χ2n) is 6.16. The number of hydrogen-bond donors (Lipinski definition) is 1. The predicted octanol–water partition coefficient (Wildman–Crippen LogP) is 2.38. The number of aliphatic hydroxyl groups is 1. The van der Waals surface area contributed by atoms with Crippen LogP contribution in [0.2, 0.25) is 0 Å². The van der Waals surface area contributed by atoms with E-state index in [1.807, 2.05) is 0 Å². The van der Waals surface area contributed by atoms with Crippen LogP contribution in [0.5, 0.6) is 0 Å². The Morgan fingerprint density at radius 1 is 1.41 bits per heavy atom. The van der Waals surface area contributed by atoms with Crippen molar-refractivity contribution in [2.45, 2.75) is 46.6 Å². The Labute approximate surface area is 103 Å². The lowest BCUT2D eigenvalue weighted by Crippen LogP contribution is -2.45. The van der Waals surface area contributed by atoms with E-state index in [4.69, 9.17) is 5.26 Å². The molecule has 0 spiro atoms. The smallest absolute Gasteiger partial charge is 0.268 e. The second-order valence-corrected chi connectivity index (χ2v) is 6.16. The van der Waals surface area contributed by atoms with E-state index >= 15 is 0 Å². The highest BCUT2D eigenvalue weighted by molar-refractivity contribution is 6.01. The average Bonchev–Trinajstić information content (AvgIpc) is 2.31. The van der Waals surface area contributed by atoms with Crippen molar-refractivity contribution in [1.29, 1.82) is 5.26 Å². The quantitative estimate of drug-likeness (QED) is 0.800. The van der Waals surface area contributed by atoms with Gasteiger partial charge in [-0.1, -0.05) is 20.8 Å². The Morgan fingerprint density at radius 3 is 2.29 bits per heavy atom. The standard InChI is InChI=1S/C13H20N2O2/c1-12(2,3)6-7-15-11(17)9(8-14)10(16)13(15,4)5/h16H,6-7H2,1-5H3. The number of aliphatic hydroxyl groups excluding tert-OH is 1. The zero-order chi connectivity index (χ0) is 13.4. The van der Waals surface area contributed by atoms with Crippen LogP contribution in [0.4, 0.5) is 0 Å². The molecule has 0 saturated carbocycles. The number of carbonyl (C=O) groups is 1. The van der Waals surface area contributed by atoms with Gasteiger partial charge in [0.15, 0.2) is 5.57 Å². The van der Waals surface area contributed by atoms with E-state index in [9.17, 15) is 9.90 Å². The number of carbonyl (C=O) groups excluding carboxylic acids is 1. The van der Waals surface area contributed by atoms with Crippen LogP contribution in [-0.4, -0.2) is 28.0 Å². The van der Waals surface area contributed by atoms with Crippen LogP contribution in [0.3, 0.4) is 0 Å². The van der Waals surface area contributed by atoms with Gasteiger partial charge >= 0.3 is 0 Å². The van der Waals surface area contributed by atoms with Crippen LogP contribution >= 0.6 is 0 Å². The van der Waals surface area contributed by atoms with Crippen LogP contribution in [0.15, 0.2) is 11.3 Å². The monoisotopic (exact) mass is 236 g/mol. The van der Waals surface area contributed by atoms with E-state index in [2.05, 4.69) is 20.8 Å². The number of rotatable bonds is 2. The Morgan fingerprint density at radius 2 is 1.94 bits per heavy atom. The van der Waals surface area contributed by atoms with Crippen molar-refractivity contribution in [3.8, 4) is 6.07 Å². The largest absolute Gasteiger partial charge is 0.508 e. The van der Waals surface area contributed by atoms with Crippen molar-refractivity contribution in [1.82, 2.24) is 4.90 Å². The van der Waals surface area contributed by atoms with E-state index in [0.29, 0.717) is 6.54 Å². The van der Waals surface area contributed by atoms with Gasteiger partial charge in [-0.25, -0.2) is 0 Å². The normalized spacial score (nSPS) is 19.8. The van der Waals surface area contributed by atoms with E-state index in [1.54, 1.807) is 24.8 Å². The first kappa shape index (κ1) is 13.6. The van der Waals surface area contributed by atoms with Crippen LogP contribution in [0.1, 0.15) is 41.0 Å². The molecule has 0 atom stereocenters. The van der Waals surface area contributed by atoms with Gasteiger partial charge in [0, 0.05) is 6.54 Å². The van der Waals surface area contributed by atoms with Crippen molar-refractivity contribution in [3.05, 3.63) is 11.3 Å². The van der Waals surface area contributed by atoms with Gasteiger partial charge in [0.05, 0.1) is 5.54 Å². The van der Waals surface area contributed by atoms with Gasteiger partial charge in [0.2, 0.25) is 0 Å². The highest BCUT2D eigenvalue weighted by Gasteiger charge is 2.45. The van der Waals surface area contributed by atoms with Crippen molar-refractivity contribution in [2.24, 2.45) is 5.41 Å².